The molecule has 0 aliphatic carbocycles. The largest absolute Gasteiger partial charge is 0.469 e. The number of hydrogen-bond acceptors (Lipinski definition) is 5. The fourth-order valence-corrected chi connectivity index (χ4v) is 2.72. The summed E-state index contributed by atoms with van der Waals surface area (Å²) in [5.74, 6) is 2.19. The molecule has 1 aliphatic rings. The lowest BCUT2D eigenvalue weighted by atomic mass is 9.94. The molecular formula is C17H28N4O3. The molecule has 0 unspecified atom stereocenters. The topological polar surface area (TPSA) is 80.0 Å². The van der Waals surface area contributed by atoms with Gasteiger partial charge in [0.05, 0.1) is 25.8 Å². The summed E-state index contributed by atoms with van der Waals surface area (Å²) in [5, 5.41) is 3.28. The van der Waals surface area contributed by atoms with E-state index in [1.807, 2.05) is 0 Å². The maximum atomic E-state index is 11.6. The average Bonchev–Trinajstić information content (AvgIpc) is 3.04. The molecule has 7 nitrogen and oxygen atoms in total. The number of carbonyl (C=O) groups is 1. The minimum absolute atomic E-state index is 0.00885. The Kier molecular flexibility index (Phi) is 5.85. The first-order valence-corrected chi connectivity index (χ1v) is 8.33. The first-order chi connectivity index (χ1) is 11.3. The number of piperidine rings is 1. The molecule has 0 aromatic carbocycles. The molecule has 1 aromatic heterocycles. The Morgan fingerprint density at radius 2 is 2.12 bits per heavy atom. The van der Waals surface area contributed by atoms with E-state index in [4.69, 9.17) is 9.15 Å². The van der Waals surface area contributed by atoms with Crippen molar-refractivity contribution in [2.24, 2.45) is 10.9 Å². The molecule has 0 amide bonds. The maximum Gasteiger partial charge on any atom is 0.308 e. The number of ether oxygens (including phenoxy) is 1. The number of oxazole rings is 1. The van der Waals surface area contributed by atoms with Crippen LogP contribution in [0.4, 0.5) is 0 Å². The van der Waals surface area contributed by atoms with Crippen molar-refractivity contribution in [3.05, 3.63) is 17.8 Å². The highest BCUT2D eigenvalue weighted by Gasteiger charge is 2.27. The average molecular weight is 336 g/mol. The summed E-state index contributed by atoms with van der Waals surface area (Å²) >= 11 is 0. The van der Waals surface area contributed by atoms with Gasteiger partial charge in [0.1, 0.15) is 5.76 Å². The van der Waals surface area contributed by atoms with E-state index in [2.05, 4.69) is 41.0 Å². The second kappa shape index (κ2) is 7.68. The molecule has 7 heteroatoms. The number of rotatable bonds is 3. The van der Waals surface area contributed by atoms with Crippen LogP contribution in [0.1, 0.15) is 45.3 Å². The van der Waals surface area contributed by atoms with Gasteiger partial charge in [-0.05, 0) is 12.8 Å². The van der Waals surface area contributed by atoms with Crippen LogP contribution in [-0.2, 0) is 21.5 Å². The van der Waals surface area contributed by atoms with Crippen molar-refractivity contribution in [1.29, 1.82) is 0 Å². The van der Waals surface area contributed by atoms with Crippen molar-refractivity contribution in [3.63, 3.8) is 0 Å². The third kappa shape index (κ3) is 4.49. The molecule has 1 fully saturated rings. The minimum atomic E-state index is -0.118. The number of aliphatic imine (C=N–C) groups is 1. The molecule has 0 radical (unpaired) electrons. The number of guanidine groups is 1. The summed E-state index contributed by atoms with van der Waals surface area (Å²) in [5.41, 5.74) is -0.0529. The highest BCUT2D eigenvalue weighted by Crippen LogP contribution is 2.22. The van der Waals surface area contributed by atoms with E-state index in [0.717, 1.165) is 37.7 Å². The summed E-state index contributed by atoms with van der Waals surface area (Å²) in [6.07, 6.45) is 3.34. The summed E-state index contributed by atoms with van der Waals surface area (Å²) in [6, 6.07) is 0. The standard InChI is InChI=1S/C17H28N4O3/c1-17(2,3)13-10-19-14(24-13)11-20-16(18-4)21-8-6-12(7-9-21)15(22)23-5/h10,12H,6-9,11H2,1-5H3,(H,18,20). The molecule has 134 valence electrons. The number of esters is 1. The number of likely N-dealkylation sites (tertiary alicyclic amines) is 1. The van der Waals surface area contributed by atoms with Gasteiger partial charge in [-0.1, -0.05) is 20.8 Å². The summed E-state index contributed by atoms with van der Waals surface area (Å²) in [7, 11) is 3.20. The molecule has 1 saturated heterocycles. The molecule has 24 heavy (non-hydrogen) atoms. The Morgan fingerprint density at radius 3 is 2.62 bits per heavy atom. The molecule has 0 saturated carbocycles. The first kappa shape index (κ1) is 18.3. The van der Waals surface area contributed by atoms with Gasteiger partial charge in [0.15, 0.2) is 5.96 Å². The van der Waals surface area contributed by atoms with Gasteiger partial charge in [-0.25, -0.2) is 4.98 Å². The second-order valence-electron chi connectivity index (χ2n) is 7.05. The Hall–Kier alpha value is -2.05. The zero-order valence-electron chi connectivity index (χ0n) is 15.3. The van der Waals surface area contributed by atoms with Crippen LogP contribution in [0.5, 0.6) is 0 Å². The van der Waals surface area contributed by atoms with Crippen molar-refractivity contribution < 1.29 is 13.9 Å². The number of aromatic nitrogens is 1. The maximum absolute atomic E-state index is 11.6. The first-order valence-electron chi connectivity index (χ1n) is 8.33. The van der Waals surface area contributed by atoms with Gasteiger partial charge in [0, 0.05) is 25.6 Å². The zero-order chi connectivity index (χ0) is 17.7. The van der Waals surface area contributed by atoms with Crippen molar-refractivity contribution >= 4 is 11.9 Å². The van der Waals surface area contributed by atoms with Gasteiger partial charge < -0.3 is 19.4 Å². The number of nitrogens with zero attached hydrogens (tertiary/aromatic N) is 3. The second-order valence-corrected chi connectivity index (χ2v) is 7.05. The molecule has 1 aliphatic heterocycles. The number of methoxy groups -OCH3 is 1. The monoisotopic (exact) mass is 336 g/mol. The van der Waals surface area contributed by atoms with Gasteiger partial charge in [0.2, 0.25) is 5.89 Å². The van der Waals surface area contributed by atoms with E-state index >= 15 is 0 Å². The van der Waals surface area contributed by atoms with Crippen LogP contribution in [0.2, 0.25) is 0 Å². The fourth-order valence-electron chi connectivity index (χ4n) is 2.72. The van der Waals surface area contributed by atoms with Crippen molar-refractivity contribution in [3.8, 4) is 0 Å². The van der Waals surface area contributed by atoms with E-state index in [0.29, 0.717) is 12.4 Å². The van der Waals surface area contributed by atoms with Crippen molar-refractivity contribution in [2.45, 2.75) is 45.6 Å². The van der Waals surface area contributed by atoms with E-state index in [1.54, 1.807) is 13.2 Å². The van der Waals surface area contributed by atoms with Crippen LogP contribution in [0.25, 0.3) is 0 Å². The summed E-state index contributed by atoms with van der Waals surface area (Å²) in [6.45, 7) is 8.32. The Balaban J connectivity index is 1.87. The summed E-state index contributed by atoms with van der Waals surface area (Å²) in [4.78, 5) is 22.4. The fraction of sp³-hybridized carbons (Fsp3) is 0.706. The van der Waals surface area contributed by atoms with Crippen molar-refractivity contribution in [2.75, 3.05) is 27.2 Å². The van der Waals surface area contributed by atoms with Gasteiger partial charge >= 0.3 is 5.97 Å². The lowest BCUT2D eigenvalue weighted by Crippen LogP contribution is -2.46. The van der Waals surface area contributed by atoms with Gasteiger partial charge in [0.25, 0.3) is 0 Å². The molecule has 2 rings (SSSR count). The highest BCUT2D eigenvalue weighted by atomic mass is 16.5. The van der Waals surface area contributed by atoms with Gasteiger partial charge in [-0.15, -0.1) is 0 Å². The van der Waals surface area contributed by atoms with E-state index in [1.165, 1.54) is 7.11 Å². The third-order valence-electron chi connectivity index (χ3n) is 4.23. The SMILES string of the molecule is CN=C(NCc1ncc(C(C)(C)C)o1)N1CCC(C(=O)OC)CC1. The van der Waals surface area contributed by atoms with Crippen LogP contribution in [-0.4, -0.2) is 49.1 Å². The number of carbonyl (C=O) groups excluding carboxylic acids is 1. The molecule has 1 N–H and O–H groups in total. The van der Waals surface area contributed by atoms with E-state index in [9.17, 15) is 4.79 Å². The van der Waals surface area contributed by atoms with E-state index < -0.39 is 0 Å². The predicted octanol–water partition coefficient (Wildman–Crippen LogP) is 1.93. The van der Waals surface area contributed by atoms with Crippen molar-refractivity contribution in [1.82, 2.24) is 15.2 Å². The summed E-state index contributed by atoms with van der Waals surface area (Å²) < 4.78 is 10.6. The molecule has 0 bridgehead atoms. The highest BCUT2D eigenvalue weighted by molar-refractivity contribution is 5.80. The molecule has 2 heterocycles. The normalized spacial score (nSPS) is 17.0. The Labute approximate surface area is 143 Å². The van der Waals surface area contributed by atoms with Crippen LogP contribution in [0, 0.1) is 5.92 Å². The van der Waals surface area contributed by atoms with E-state index in [-0.39, 0.29) is 17.3 Å². The zero-order valence-corrected chi connectivity index (χ0v) is 15.3. The predicted molar refractivity (Wildman–Crippen MR) is 91.7 cm³/mol. The molecule has 1 aromatic rings. The van der Waals surface area contributed by atoms with Gasteiger partial charge in [-0.3, -0.25) is 9.79 Å². The quantitative estimate of drug-likeness (QED) is 0.516. The van der Waals surface area contributed by atoms with Crippen LogP contribution in [0.3, 0.4) is 0 Å². The number of hydrogen-bond donors (Lipinski definition) is 1. The van der Waals surface area contributed by atoms with Crippen LogP contribution in [0.15, 0.2) is 15.6 Å². The lowest BCUT2D eigenvalue weighted by molar-refractivity contribution is -0.146. The lowest BCUT2D eigenvalue weighted by Gasteiger charge is -2.32. The van der Waals surface area contributed by atoms with Crippen LogP contribution < -0.4 is 5.32 Å². The smallest absolute Gasteiger partial charge is 0.308 e. The minimum Gasteiger partial charge on any atom is -0.469 e. The Bertz CT molecular complexity index is 581. The van der Waals surface area contributed by atoms with Crippen LogP contribution >= 0.6 is 0 Å². The molecule has 0 spiro atoms. The Morgan fingerprint density at radius 1 is 1.46 bits per heavy atom. The number of nitrogens with one attached hydrogen (secondary N) is 1. The van der Waals surface area contributed by atoms with Gasteiger partial charge in [-0.2, -0.15) is 0 Å². The molecular weight excluding hydrogens is 308 g/mol. The third-order valence-corrected chi connectivity index (χ3v) is 4.23. The molecule has 0 atom stereocenters.